The van der Waals surface area contributed by atoms with Gasteiger partial charge in [0.2, 0.25) is 0 Å². The number of amides is 2. The summed E-state index contributed by atoms with van der Waals surface area (Å²) in [7, 11) is 0. The highest BCUT2D eigenvalue weighted by molar-refractivity contribution is 6.47. The summed E-state index contributed by atoms with van der Waals surface area (Å²) < 4.78 is 0. The minimum atomic E-state index is -0.562. The monoisotopic (exact) mass is 564 g/mol. The molecule has 2 heterocycles. The van der Waals surface area contributed by atoms with E-state index in [2.05, 4.69) is 47.2 Å². The highest BCUT2D eigenvalue weighted by Crippen LogP contribution is 2.48. The molecule has 0 radical (unpaired) electrons. The summed E-state index contributed by atoms with van der Waals surface area (Å²) >= 11 is 6.15. The molecule has 1 unspecified atom stereocenters. The van der Waals surface area contributed by atoms with Crippen molar-refractivity contribution in [3.63, 3.8) is 0 Å². The standard InChI is InChI=1S/C30H38ClN7O2/c1-4-5-25(21-6-8-23(9-7-21)28(39)32-18-26-34-36-37-35-26)38-29(40)27(22-10-12-24(31)13-11-22)33-30(38)16-14-20(15-17-30)19(2)3/h6-13,19-20,25,36-37H,4-5,14-18H2,1-3H3,(H,32,39)(H,34,35)/p+1. The van der Waals surface area contributed by atoms with E-state index in [1.807, 2.05) is 48.5 Å². The van der Waals surface area contributed by atoms with E-state index in [9.17, 15) is 9.59 Å². The summed E-state index contributed by atoms with van der Waals surface area (Å²) in [5, 5.41) is 7.55. The third kappa shape index (κ3) is 5.77. The number of quaternary nitrogens is 1. The highest BCUT2D eigenvalue weighted by Gasteiger charge is 2.51. The number of carbonyl (C=O) groups excluding carboxylic acids is 2. The van der Waals surface area contributed by atoms with Gasteiger partial charge in [0.1, 0.15) is 17.9 Å². The quantitative estimate of drug-likeness (QED) is 0.348. The van der Waals surface area contributed by atoms with Crippen molar-refractivity contribution >= 4 is 35.0 Å². The fourth-order valence-electron chi connectivity index (χ4n) is 6.15. The number of hydrogen-bond acceptors (Lipinski definition) is 6. The molecule has 10 heteroatoms. The van der Waals surface area contributed by atoms with Gasteiger partial charge >= 0.3 is 0 Å². The van der Waals surface area contributed by atoms with E-state index >= 15 is 0 Å². The second-order valence-electron chi connectivity index (χ2n) is 11.3. The molecule has 212 valence electrons. The lowest BCUT2D eigenvalue weighted by molar-refractivity contribution is -0.603. The van der Waals surface area contributed by atoms with Crippen molar-refractivity contribution < 1.29 is 15.0 Å². The predicted molar refractivity (Wildman–Crippen MR) is 156 cm³/mol. The van der Waals surface area contributed by atoms with Crippen LogP contribution in [-0.4, -0.2) is 40.5 Å². The Morgan fingerprint density at radius 1 is 1.15 bits per heavy atom. The van der Waals surface area contributed by atoms with E-state index in [4.69, 9.17) is 16.6 Å². The number of hydrazone groups is 1. The first kappa shape index (κ1) is 28.3. The third-order valence-electron chi connectivity index (χ3n) is 8.45. The van der Waals surface area contributed by atoms with Gasteiger partial charge in [0.25, 0.3) is 17.6 Å². The number of nitrogens with one attached hydrogen (secondary N) is 3. The van der Waals surface area contributed by atoms with Gasteiger partial charge in [-0.15, -0.1) is 5.10 Å². The fourth-order valence-corrected chi connectivity index (χ4v) is 6.28. The molecule has 1 aliphatic carbocycles. The van der Waals surface area contributed by atoms with E-state index in [1.54, 1.807) is 5.43 Å². The fraction of sp³-hybridized carbons (Fsp3) is 0.467. The summed E-state index contributed by atoms with van der Waals surface area (Å²) in [5.41, 5.74) is 9.45. The number of rotatable bonds is 9. The number of amidine groups is 1. The number of hydrazine groups is 1. The molecule has 0 bridgehead atoms. The Bertz CT molecular complexity index is 1280. The van der Waals surface area contributed by atoms with Crippen LogP contribution in [0.15, 0.2) is 58.6 Å². The van der Waals surface area contributed by atoms with Gasteiger partial charge in [0.15, 0.2) is 0 Å². The second kappa shape index (κ2) is 12.1. The summed E-state index contributed by atoms with van der Waals surface area (Å²) in [5.74, 6) is 1.77. The SMILES string of the molecule is CCCC(c1ccc(C(=O)NCC2=NNN[NH2+]2)cc1)N1C(=O)C(c2ccc(Cl)cc2)=NC12CCC(C(C)C)CC2. The number of aliphatic imine (C=N–C) groups is 1. The van der Waals surface area contributed by atoms with Gasteiger partial charge in [-0.2, -0.15) is 5.53 Å². The van der Waals surface area contributed by atoms with Crippen LogP contribution in [0.2, 0.25) is 5.02 Å². The Labute approximate surface area is 240 Å². The number of carbonyl (C=O) groups is 2. The lowest BCUT2D eigenvalue weighted by Crippen LogP contribution is -2.96. The Morgan fingerprint density at radius 3 is 2.45 bits per heavy atom. The molecule has 0 aromatic heterocycles. The molecule has 2 aliphatic heterocycles. The zero-order valence-corrected chi connectivity index (χ0v) is 24.2. The summed E-state index contributed by atoms with van der Waals surface area (Å²) in [6.07, 6.45) is 5.52. The van der Waals surface area contributed by atoms with Crippen LogP contribution in [0.5, 0.6) is 0 Å². The first-order chi connectivity index (χ1) is 19.3. The average molecular weight is 565 g/mol. The molecular weight excluding hydrogens is 526 g/mol. The normalized spacial score (nSPS) is 23.3. The maximum atomic E-state index is 14.2. The molecule has 3 aliphatic rings. The zero-order chi connectivity index (χ0) is 28.3. The van der Waals surface area contributed by atoms with Crippen molar-refractivity contribution in [2.24, 2.45) is 21.9 Å². The Kier molecular flexibility index (Phi) is 8.54. The van der Waals surface area contributed by atoms with Gasteiger partial charge in [-0.05, 0) is 73.8 Å². The molecule has 1 saturated carbocycles. The molecule has 2 aromatic rings. The van der Waals surface area contributed by atoms with Crippen molar-refractivity contribution in [1.29, 1.82) is 0 Å². The zero-order valence-electron chi connectivity index (χ0n) is 23.4. The maximum Gasteiger partial charge on any atom is 0.275 e. The van der Waals surface area contributed by atoms with Gasteiger partial charge in [-0.25, -0.2) is 5.43 Å². The lowest BCUT2D eigenvalue weighted by atomic mass is 9.76. The van der Waals surface area contributed by atoms with E-state index < -0.39 is 5.66 Å². The number of nitrogens with zero attached hydrogens (tertiary/aromatic N) is 3. The molecule has 1 fully saturated rings. The van der Waals surface area contributed by atoms with E-state index in [0.717, 1.165) is 55.5 Å². The molecule has 1 spiro atoms. The molecule has 2 amide bonds. The summed E-state index contributed by atoms with van der Waals surface area (Å²) in [6, 6.07) is 14.9. The van der Waals surface area contributed by atoms with Gasteiger partial charge < -0.3 is 10.2 Å². The molecule has 5 N–H and O–H groups in total. The van der Waals surface area contributed by atoms with Crippen LogP contribution in [0.1, 0.15) is 86.8 Å². The second-order valence-corrected chi connectivity index (χ2v) is 11.8. The molecule has 9 nitrogen and oxygen atoms in total. The van der Waals surface area contributed by atoms with E-state index in [1.165, 1.54) is 0 Å². The number of halogens is 1. The molecule has 2 aromatic carbocycles. The van der Waals surface area contributed by atoms with Crippen molar-refractivity contribution in [2.75, 3.05) is 6.54 Å². The number of nitrogens with two attached hydrogens (primary N) is 1. The van der Waals surface area contributed by atoms with E-state index in [0.29, 0.717) is 34.7 Å². The molecule has 0 saturated heterocycles. The summed E-state index contributed by atoms with van der Waals surface area (Å²) in [4.78, 5) is 34.3. The van der Waals surface area contributed by atoms with E-state index in [-0.39, 0.29) is 17.9 Å². The first-order valence-corrected chi connectivity index (χ1v) is 14.7. The maximum absolute atomic E-state index is 14.2. The van der Waals surface area contributed by atoms with Crippen LogP contribution in [0.25, 0.3) is 0 Å². The van der Waals surface area contributed by atoms with Crippen LogP contribution in [0.4, 0.5) is 0 Å². The van der Waals surface area contributed by atoms with Crippen LogP contribution >= 0.6 is 11.6 Å². The van der Waals surface area contributed by atoms with Crippen LogP contribution in [0.3, 0.4) is 0 Å². The lowest BCUT2D eigenvalue weighted by Gasteiger charge is -2.46. The average Bonchev–Trinajstić information content (AvgIpc) is 3.58. The van der Waals surface area contributed by atoms with Gasteiger partial charge in [0.05, 0.1) is 6.04 Å². The van der Waals surface area contributed by atoms with Crippen molar-refractivity contribution in [3.8, 4) is 0 Å². The van der Waals surface area contributed by atoms with Crippen LogP contribution in [0, 0.1) is 11.8 Å². The predicted octanol–water partition coefficient (Wildman–Crippen LogP) is 3.68. The Morgan fingerprint density at radius 2 is 1.85 bits per heavy atom. The van der Waals surface area contributed by atoms with Crippen LogP contribution < -0.4 is 21.8 Å². The van der Waals surface area contributed by atoms with Gasteiger partial charge in [0, 0.05) is 16.1 Å². The summed E-state index contributed by atoms with van der Waals surface area (Å²) in [6.45, 7) is 7.04. The number of hydrogen-bond donors (Lipinski definition) is 4. The molecular formula is C30H39ClN7O2+. The van der Waals surface area contributed by atoms with Crippen molar-refractivity contribution in [1.82, 2.24) is 21.3 Å². The minimum Gasteiger partial charge on any atom is -0.341 e. The molecule has 1 atom stereocenters. The largest absolute Gasteiger partial charge is 0.341 e. The van der Waals surface area contributed by atoms with Gasteiger partial charge in [-0.1, -0.05) is 68.6 Å². The first-order valence-electron chi connectivity index (χ1n) is 14.3. The van der Waals surface area contributed by atoms with Gasteiger partial charge in [-0.3, -0.25) is 14.6 Å². The molecule has 40 heavy (non-hydrogen) atoms. The number of benzene rings is 2. The third-order valence-corrected chi connectivity index (χ3v) is 8.70. The topological polar surface area (TPSA) is 115 Å². The van der Waals surface area contributed by atoms with Crippen molar-refractivity contribution in [2.45, 2.75) is 71.0 Å². The Balaban J connectivity index is 1.43. The molecule has 5 rings (SSSR count). The van der Waals surface area contributed by atoms with Crippen LogP contribution in [-0.2, 0) is 4.79 Å². The smallest absolute Gasteiger partial charge is 0.275 e. The van der Waals surface area contributed by atoms with Crippen molar-refractivity contribution in [3.05, 3.63) is 70.2 Å². The highest BCUT2D eigenvalue weighted by atomic mass is 35.5. The minimum absolute atomic E-state index is 0.0265. The Hall–Kier alpha value is -3.27.